The van der Waals surface area contributed by atoms with E-state index in [2.05, 4.69) is 11.9 Å². The number of nitrogens with one attached hydrogen (secondary N) is 1. The molecule has 6 heteroatoms. The van der Waals surface area contributed by atoms with Gasteiger partial charge in [-0.2, -0.15) is 5.26 Å². The molecule has 1 aromatic carbocycles. The number of anilines is 1. The lowest BCUT2D eigenvalue weighted by Crippen LogP contribution is -2.28. The summed E-state index contributed by atoms with van der Waals surface area (Å²) in [7, 11) is 3.83. The first-order valence-electron chi connectivity index (χ1n) is 6.92. The number of esters is 1. The highest BCUT2D eigenvalue weighted by Gasteiger charge is 2.12. The van der Waals surface area contributed by atoms with Crippen LogP contribution in [0.4, 0.5) is 5.69 Å². The van der Waals surface area contributed by atoms with E-state index in [9.17, 15) is 9.59 Å². The Morgan fingerprint density at radius 1 is 1.35 bits per heavy atom. The zero-order chi connectivity index (χ0) is 17.2. The van der Waals surface area contributed by atoms with Gasteiger partial charge in [-0.1, -0.05) is 18.2 Å². The van der Waals surface area contributed by atoms with Crippen LogP contribution in [0.25, 0.3) is 6.08 Å². The first-order valence-corrected chi connectivity index (χ1v) is 6.92. The molecule has 0 unspecified atom stereocenters. The minimum absolute atomic E-state index is 0.167. The predicted molar refractivity (Wildman–Crippen MR) is 88.5 cm³/mol. The van der Waals surface area contributed by atoms with Gasteiger partial charge in [0.15, 0.2) is 6.61 Å². The summed E-state index contributed by atoms with van der Waals surface area (Å²) < 4.78 is 4.80. The Balaban J connectivity index is 2.71. The van der Waals surface area contributed by atoms with Gasteiger partial charge in [0.1, 0.15) is 11.6 Å². The van der Waals surface area contributed by atoms with Gasteiger partial charge in [0, 0.05) is 26.3 Å². The number of rotatable bonds is 7. The van der Waals surface area contributed by atoms with E-state index >= 15 is 0 Å². The van der Waals surface area contributed by atoms with Crippen LogP contribution in [0.15, 0.2) is 42.5 Å². The number of amides is 1. The maximum atomic E-state index is 11.8. The smallest absolute Gasteiger partial charge is 0.349 e. The summed E-state index contributed by atoms with van der Waals surface area (Å²) in [4.78, 5) is 25.1. The largest absolute Gasteiger partial charge is 0.451 e. The second kappa shape index (κ2) is 9.05. The molecule has 0 saturated heterocycles. The molecule has 0 radical (unpaired) electrons. The second-order valence-electron chi connectivity index (χ2n) is 4.82. The number of hydrogen-bond donors (Lipinski definition) is 1. The van der Waals surface area contributed by atoms with Gasteiger partial charge in [0.2, 0.25) is 0 Å². The summed E-state index contributed by atoms with van der Waals surface area (Å²) in [6, 6.07) is 9.10. The Morgan fingerprint density at radius 2 is 2.00 bits per heavy atom. The van der Waals surface area contributed by atoms with E-state index in [1.54, 1.807) is 18.2 Å². The SMILES string of the molecule is C=CCNC(=O)COC(=O)/C(C#N)=C\c1ccc(N(C)C)cc1. The fraction of sp³-hybridized carbons (Fsp3) is 0.235. The summed E-state index contributed by atoms with van der Waals surface area (Å²) in [5.41, 5.74) is 1.53. The lowest BCUT2D eigenvalue weighted by molar-refractivity contribution is -0.144. The van der Waals surface area contributed by atoms with Gasteiger partial charge in [-0.15, -0.1) is 6.58 Å². The van der Waals surface area contributed by atoms with Crippen molar-refractivity contribution < 1.29 is 14.3 Å². The van der Waals surface area contributed by atoms with Crippen LogP contribution in [0, 0.1) is 11.3 Å². The van der Waals surface area contributed by atoms with Crippen LogP contribution in [0.3, 0.4) is 0 Å². The van der Waals surface area contributed by atoms with Crippen LogP contribution in [-0.4, -0.2) is 39.1 Å². The van der Waals surface area contributed by atoms with Crippen molar-refractivity contribution in [1.29, 1.82) is 5.26 Å². The molecule has 0 aliphatic heterocycles. The van der Waals surface area contributed by atoms with Crippen LogP contribution < -0.4 is 10.2 Å². The summed E-state index contributed by atoms with van der Waals surface area (Å²) in [5.74, 6) is -1.29. The number of carbonyl (C=O) groups excluding carboxylic acids is 2. The van der Waals surface area contributed by atoms with Gasteiger partial charge < -0.3 is 15.0 Å². The highest BCUT2D eigenvalue weighted by molar-refractivity contribution is 5.98. The molecule has 1 amide bonds. The molecular formula is C17H19N3O3. The molecule has 120 valence electrons. The molecule has 1 aromatic rings. The third-order valence-electron chi connectivity index (χ3n) is 2.84. The van der Waals surface area contributed by atoms with E-state index in [-0.39, 0.29) is 12.1 Å². The van der Waals surface area contributed by atoms with Gasteiger partial charge in [0.25, 0.3) is 5.91 Å². The molecule has 0 fully saturated rings. The van der Waals surface area contributed by atoms with E-state index in [1.807, 2.05) is 31.1 Å². The third-order valence-corrected chi connectivity index (χ3v) is 2.84. The highest BCUT2D eigenvalue weighted by Crippen LogP contribution is 2.15. The van der Waals surface area contributed by atoms with Crippen molar-refractivity contribution in [1.82, 2.24) is 5.32 Å². The molecule has 23 heavy (non-hydrogen) atoms. The number of nitrogens with zero attached hydrogens (tertiary/aromatic N) is 2. The molecule has 1 N–H and O–H groups in total. The molecule has 0 heterocycles. The highest BCUT2D eigenvalue weighted by atomic mass is 16.5. The quantitative estimate of drug-likeness (QED) is 0.357. The van der Waals surface area contributed by atoms with Crippen LogP contribution in [0.1, 0.15) is 5.56 Å². The Hall–Kier alpha value is -3.07. The minimum atomic E-state index is -0.835. The number of benzene rings is 1. The maximum Gasteiger partial charge on any atom is 0.349 e. The Kier molecular flexibility index (Phi) is 7.08. The average Bonchev–Trinajstić information content (AvgIpc) is 2.55. The van der Waals surface area contributed by atoms with Gasteiger partial charge in [0.05, 0.1) is 0 Å². The molecule has 0 bridgehead atoms. The third kappa shape index (κ3) is 6.06. The van der Waals surface area contributed by atoms with E-state index < -0.39 is 18.5 Å². The van der Waals surface area contributed by atoms with Crippen molar-refractivity contribution in [2.45, 2.75) is 0 Å². The van der Waals surface area contributed by atoms with Crippen molar-refractivity contribution in [3.8, 4) is 6.07 Å². The van der Waals surface area contributed by atoms with Crippen LogP contribution in [0.2, 0.25) is 0 Å². The second-order valence-corrected chi connectivity index (χ2v) is 4.82. The summed E-state index contributed by atoms with van der Waals surface area (Å²) in [5, 5.41) is 11.5. The number of hydrogen-bond acceptors (Lipinski definition) is 5. The average molecular weight is 313 g/mol. The monoisotopic (exact) mass is 313 g/mol. The first-order chi connectivity index (χ1) is 11.0. The topological polar surface area (TPSA) is 82.4 Å². The lowest BCUT2D eigenvalue weighted by atomic mass is 10.1. The van der Waals surface area contributed by atoms with E-state index in [4.69, 9.17) is 10.00 Å². The summed E-state index contributed by atoms with van der Waals surface area (Å²) >= 11 is 0. The molecule has 0 aromatic heterocycles. The van der Waals surface area contributed by atoms with Crippen molar-refractivity contribution in [2.24, 2.45) is 0 Å². The maximum absolute atomic E-state index is 11.8. The van der Waals surface area contributed by atoms with Crippen LogP contribution in [-0.2, 0) is 14.3 Å². The zero-order valence-corrected chi connectivity index (χ0v) is 13.2. The Bertz CT molecular complexity index is 640. The number of ether oxygens (including phenoxy) is 1. The summed E-state index contributed by atoms with van der Waals surface area (Å²) in [6.07, 6.45) is 2.93. The van der Waals surface area contributed by atoms with E-state index in [0.29, 0.717) is 5.56 Å². The Morgan fingerprint density at radius 3 is 2.52 bits per heavy atom. The van der Waals surface area contributed by atoms with Crippen molar-refractivity contribution in [3.63, 3.8) is 0 Å². The molecule has 0 spiro atoms. The van der Waals surface area contributed by atoms with Gasteiger partial charge in [-0.05, 0) is 23.8 Å². The fourth-order valence-electron chi connectivity index (χ4n) is 1.62. The molecule has 0 saturated carbocycles. The Labute approximate surface area is 135 Å². The molecule has 0 aliphatic carbocycles. The molecular weight excluding hydrogens is 294 g/mol. The van der Waals surface area contributed by atoms with Crippen molar-refractivity contribution in [2.75, 3.05) is 32.1 Å². The van der Waals surface area contributed by atoms with Crippen molar-refractivity contribution in [3.05, 3.63) is 48.1 Å². The summed E-state index contributed by atoms with van der Waals surface area (Å²) in [6.45, 7) is 3.30. The molecule has 0 aliphatic rings. The molecule has 6 nitrogen and oxygen atoms in total. The standard InChI is InChI=1S/C17H19N3O3/c1-4-9-19-16(21)12-23-17(22)14(11-18)10-13-5-7-15(8-6-13)20(2)3/h4-8,10H,1,9,12H2,2-3H3,(H,19,21)/b14-10-. The van der Waals surface area contributed by atoms with Crippen molar-refractivity contribution >= 4 is 23.6 Å². The number of nitriles is 1. The van der Waals surface area contributed by atoms with E-state index in [1.165, 1.54) is 12.2 Å². The van der Waals surface area contributed by atoms with Gasteiger partial charge >= 0.3 is 5.97 Å². The lowest BCUT2D eigenvalue weighted by Gasteiger charge is -2.11. The van der Waals surface area contributed by atoms with Crippen LogP contribution >= 0.6 is 0 Å². The normalized spacial score (nSPS) is 10.4. The van der Waals surface area contributed by atoms with E-state index in [0.717, 1.165) is 5.69 Å². The fourth-order valence-corrected chi connectivity index (χ4v) is 1.62. The van der Waals surface area contributed by atoms with Crippen LogP contribution in [0.5, 0.6) is 0 Å². The molecule has 1 rings (SSSR count). The zero-order valence-electron chi connectivity index (χ0n) is 13.2. The van der Waals surface area contributed by atoms with Gasteiger partial charge in [-0.3, -0.25) is 4.79 Å². The van der Waals surface area contributed by atoms with Gasteiger partial charge in [-0.25, -0.2) is 4.79 Å². The number of carbonyl (C=O) groups is 2. The first kappa shape index (κ1) is 18.0. The predicted octanol–water partition coefficient (Wildman–Crippen LogP) is 1.50. The molecule has 0 atom stereocenters. The minimum Gasteiger partial charge on any atom is -0.451 e.